The summed E-state index contributed by atoms with van der Waals surface area (Å²) in [5.74, 6) is -0.441. The van der Waals surface area contributed by atoms with Gasteiger partial charge in [-0.15, -0.1) is 0 Å². The molecule has 3 nitrogen and oxygen atoms in total. The Balaban J connectivity index is 2.48. The first kappa shape index (κ1) is 9.72. The van der Waals surface area contributed by atoms with Gasteiger partial charge in [-0.05, 0) is 37.2 Å². The molecule has 1 saturated carbocycles. The summed E-state index contributed by atoms with van der Waals surface area (Å²) in [6.45, 7) is 0. The van der Waals surface area contributed by atoms with Crippen molar-refractivity contribution in [2.24, 2.45) is 0 Å². The highest BCUT2D eigenvalue weighted by Crippen LogP contribution is 2.33. The van der Waals surface area contributed by atoms with E-state index < -0.39 is 5.82 Å². The fourth-order valence-electron chi connectivity index (χ4n) is 1.88. The van der Waals surface area contributed by atoms with Crippen LogP contribution in [0.25, 0.3) is 10.9 Å². The lowest BCUT2D eigenvalue weighted by atomic mass is 10.2. The van der Waals surface area contributed by atoms with Gasteiger partial charge in [0.05, 0.1) is 10.9 Å². The van der Waals surface area contributed by atoms with Crippen molar-refractivity contribution in [3.8, 4) is 0 Å². The first-order chi connectivity index (χ1) is 7.68. The number of fused-ring (bicyclic) bond motifs is 1. The monoisotopic (exact) mass is 236 g/mol. The van der Waals surface area contributed by atoms with E-state index in [4.69, 9.17) is 12.2 Å². The number of H-pyrrole nitrogens is 1. The van der Waals surface area contributed by atoms with E-state index in [1.807, 2.05) is 0 Å². The van der Waals surface area contributed by atoms with Crippen LogP contribution >= 0.6 is 12.2 Å². The summed E-state index contributed by atoms with van der Waals surface area (Å²) >= 11 is 5.08. The molecule has 1 fully saturated rings. The minimum atomic E-state index is -0.441. The van der Waals surface area contributed by atoms with Crippen molar-refractivity contribution < 1.29 is 4.39 Å². The highest BCUT2D eigenvalue weighted by molar-refractivity contribution is 7.71. The molecule has 1 aromatic carbocycles. The molecule has 0 saturated heterocycles. The molecule has 5 heteroatoms. The van der Waals surface area contributed by atoms with Crippen LogP contribution in [0.15, 0.2) is 23.0 Å². The molecule has 3 rings (SSSR count). The number of hydrogen-bond donors (Lipinski definition) is 1. The predicted molar refractivity (Wildman–Crippen MR) is 61.6 cm³/mol. The zero-order chi connectivity index (χ0) is 11.3. The Kier molecular flexibility index (Phi) is 1.97. The Morgan fingerprint density at radius 3 is 2.88 bits per heavy atom. The molecule has 2 aromatic rings. The van der Waals surface area contributed by atoms with E-state index in [0.717, 1.165) is 12.8 Å². The summed E-state index contributed by atoms with van der Waals surface area (Å²) < 4.78 is 15.3. The highest BCUT2D eigenvalue weighted by Gasteiger charge is 2.26. The summed E-state index contributed by atoms with van der Waals surface area (Å²) in [5.41, 5.74) is 0.00940. The maximum atomic E-state index is 13.5. The largest absolute Gasteiger partial charge is 0.329 e. The Bertz CT molecular complexity index is 684. The van der Waals surface area contributed by atoms with Gasteiger partial charge in [0, 0.05) is 6.04 Å². The lowest BCUT2D eigenvalue weighted by molar-refractivity contribution is 0.630. The first-order valence-corrected chi connectivity index (χ1v) is 5.52. The maximum absolute atomic E-state index is 13.5. The van der Waals surface area contributed by atoms with Crippen molar-refractivity contribution in [2.75, 3.05) is 0 Å². The molecule has 1 N–H and O–H groups in total. The van der Waals surface area contributed by atoms with Gasteiger partial charge in [0.25, 0.3) is 5.56 Å². The van der Waals surface area contributed by atoms with Gasteiger partial charge in [-0.1, -0.05) is 6.07 Å². The lowest BCUT2D eigenvalue weighted by Crippen LogP contribution is -2.21. The Morgan fingerprint density at radius 2 is 2.19 bits per heavy atom. The van der Waals surface area contributed by atoms with Gasteiger partial charge in [-0.25, -0.2) is 4.39 Å². The minimum Gasteiger partial charge on any atom is -0.329 e. The summed E-state index contributed by atoms with van der Waals surface area (Å²) in [7, 11) is 0. The summed E-state index contributed by atoms with van der Waals surface area (Å²) in [5, 5.41) is 0.362. The molecule has 1 aliphatic rings. The summed E-state index contributed by atoms with van der Waals surface area (Å²) in [6, 6.07) is 4.66. The Morgan fingerprint density at radius 1 is 1.44 bits per heavy atom. The maximum Gasteiger partial charge on any atom is 0.262 e. The number of hydrogen-bond acceptors (Lipinski definition) is 2. The Labute approximate surface area is 95.5 Å². The van der Waals surface area contributed by atoms with E-state index in [9.17, 15) is 9.18 Å². The number of para-hydroxylation sites is 1. The molecule has 0 aliphatic heterocycles. The molecule has 0 unspecified atom stereocenters. The normalized spacial score (nSPS) is 15.6. The number of nitrogens with one attached hydrogen (secondary N) is 1. The van der Waals surface area contributed by atoms with Gasteiger partial charge in [0.2, 0.25) is 0 Å². The molecule has 0 atom stereocenters. The minimum absolute atomic E-state index is 0.194. The molecule has 0 amide bonds. The smallest absolute Gasteiger partial charge is 0.262 e. The van der Waals surface area contributed by atoms with E-state index >= 15 is 0 Å². The highest BCUT2D eigenvalue weighted by atomic mass is 32.1. The Hall–Kier alpha value is -1.49. The number of nitrogens with zero attached hydrogens (tertiary/aromatic N) is 1. The number of aromatic amines is 1. The fraction of sp³-hybridized carbons (Fsp3) is 0.273. The van der Waals surface area contributed by atoms with E-state index in [2.05, 4.69) is 4.98 Å². The molecular formula is C11H9FN2OS. The van der Waals surface area contributed by atoms with Crippen molar-refractivity contribution in [3.63, 3.8) is 0 Å². The lowest BCUT2D eigenvalue weighted by Gasteiger charge is -2.06. The molecule has 1 heterocycles. The van der Waals surface area contributed by atoms with E-state index in [1.165, 1.54) is 12.1 Å². The molecular weight excluding hydrogens is 227 g/mol. The second-order valence-corrected chi connectivity index (χ2v) is 4.39. The number of halogens is 1. The van der Waals surface area contributed by atoms with Crippen LogP contribution in [0, 0.1) is 10.6 Å². The van der Waals surface area contributed by atoms with Crippen molar-refractivity contribution in [2.45, 2.75) is 18.9 Å². The number of benzene rings is 1. The van der Waals surface area contributed by atoms with Gasteiger partial charge in [-0.3, -0.25) is 9.36 Å². The standard InChI is InChI=1S/C11H9FN2OS/c12-8-3-1-2-7-9(8)13-11(16)14(10(7)15)6-4-5-6/h1-3,6H,4-5H2,(H,13,16). The molecule has 1 aliphatic carbocycles. The van der Waals surface area contributed by atoms with Crippen LogP contribution < -0.4 is 5.56 Å². The van der Waals surface area contributed by atoms with Gasteiger partial charge < -0.3 is 4.98 Å². The molecule has 82 valence electrons. The van der Waals surface area contributed by atoms with Gasteiger partial charge in [0.15, 0.2) is 4.77 Å². The zero-order valence-electron chi connectivity index (χ0n) is 8.37. The van der Waals surface area contributed by atoms with Crippen LogP contribution in [0.3, 0.4) is 0 Å². The average molecular weight is 236 g/mol. The van der Waals surface area contributed by atoms with Crippen molar-refractivity contribution in [1.82, 2.24) is 9.55 Å². The molecule has 0 radical (unpaired) electrons. The van der Waals surface area contributed by atoms with Crippen molar-refractivity contribution in [3.05, 3.63) is 39.1 Å². The SMILES string of the molecule is O=c1c2cccc(F)c2[nH]c(=S)n1C1CC1. The van der Waals surface area contributed by atoms with E-state index in [0.29, 0.717) is 10.2 Å². The van der Waals surface area contributed by atoms with Crippen molar-refractivity contribution in [1.29, 1.82) is 0 Å². The quantitative estimate of drug-likeness (QED) is 0.773. The van der Waals surface area contributed by atoms with Gasteiger partial charge >= 0.3 is 0 Å². The van der Waals surface area contributed by atoms with Crippen LogP contribution in [0.5, 0.6) is 0 Å². The molecule has 16 heavy (non-hydrogen) atoms. The summed E-state index contributed by atoms with van der Waals surface area (Å²) in [4.78, 5) is 14.9. The predicted octanol–water partition coefficient (Wildman–Crippen LogP) is 2.53. The van der Waals surface area contributed by atoms with Crippen LogP contribution in [-0.2, 0) is 0 Å². The van der Waals surface area contributed by atoms with E-state index in [1.54, 1.807) is 10.6 Å². The molecule has 0 spiro atoms. The molecule has 1 aromatic heterocycles. The second-order valence-electron chi connectivity index (χ2n) is 4.00. The topological polar surface area (TPSA) is 37.8 Å². The fourth-order valence-corrected chi connectivity index (χ4v) is 2.22. The van der Waals surface area contributed by atoms with Crippen molar-refractivity contribution >= 4 is 23.1 Å². The average Bonchev–Trinajstić information content (AvgIpc) is 3.04. The van der Waals surface area contributed by atoms with Gasteiger partial charge in [0.1, 0.15) is 5.82 Å². The third kappa shape index (κ3) is 1.31. The number of rotatable bonds is 1. The van der Waals surface area contributed by atoms with E-state index in [-0.39, 0.29) is 17.1 Å². The third-order valence-corrected chi connectivity index (χ3v) is 3.12. The molecule has 0 bridgehead atoms. The van der Waals surface area contributed by atoms with Crippen LogP contribution in [0.1, 0.15) is 18.9 Å². The summed E-state index contributed by atoms with van der Waals surface area (Å²) in [6.07, 6.45) is 1.94. The zero-order valence-corrected chi connectivity index (χ0v) is 9.18. The van der Waals surface area contributed by atoms with Gasteiger partial charge in [-0.2, -0.15) is 0 Å². The second kappa shape index (κ2) is 3.25. The van der Waals surface area contributed by atoms with Crippen LogP contribution in [0.4, 0.5) is 4.39 Å². The first-order valence-electron chi connectivity index (χ1n) is 5.11. The number of aromatic nitrogens is 2. The van der Waals surface area contributed by atoms with Crippen LogP contribution in [-0.4, -0.2) is 9.55 Å². The third-order valence-electron chi connectivity index (χ3n) is 2.83. The van der Waals surface area contributed by atoms with Crippen LogP contribution in [0.2, 0.25) is 0 Å².